The summed E-state index contributed by atoms with van der Waals surface area (Å²) in [6.45, 7) is 3.95. The van der Waals surface area contributed by atoms with Gasteiger partial charge in [-0.05, 0) is 23.4 Å². The minimum Gasteiger partial charge on any atom is -0.467 e. The molecule has 2 rings (SSSR count). The van der Waals surface area contributed by atoms with Gasteiger partial charge in [-0.3, -0.25) is 0 Å². The Labute approximate surface area is 110 Å². The third-order valence-electron chi connectivity index (χ3n) is 2.79. The van der Waals surface area contributed by atoms with E-state index in [0.717, 1.165) is 15.9 Å². The third-order valence-corrected chi connectivity index (χ3v) is 3.68. The zero-order valence-corrected chi connectivity index (χ0v) is 11.5. The van der Waals surface area contributed by atoms with Gasteiger partial charge in [0.25, 0.3) is 0 Å². The number of methoxy groups -OCH3 is 1. The molecule has 0 saturated heterocycles. The zero-order chi connectivity index (χ0) is 13.1. The largest absolute Gasteiger partial charge is 0.467 e. The average Bonchev–Trinajstić information content (AvgIpc) is 2.83. The van der Waals surface area contributed by atoms with Crippen molar-refractivity contribution < 1.29 is 9.53 Å². The molecule has 0 radical (unpaired) electrons. The molecule has 0 amide bonds. The van der Waals surface area contributed by atoms with E-state index >= 15 is 0 Å². The number of rotatable bonds is 4. The highest BCUT2D eigenvalue weighted by molar-refractivity contribution is 7.17. The molecule has 0 aromatic carbocycles. The number of pyridine rings is 1. The topological polar surface area (TPSA) is 51.2 Å². The molecule has 5 heteroatoms. The first kappa shape index (κ1) is 12.8. The van der Waals surface area contributed by atoms with E-state index < -0.39 is 0 Å². The number of hydrogen-bond donors (Lipinski definition) is 1. The number of hydrogen-bond acceptors (Lipinski definition) is 5. The lowest BCUT2D eigenvalue weighted by atomic mass is 10.0. The van der Waals surface area contributed by atoms with Crippen molar-refractivity contribution in [2.45, 2.75) is 19.9 Å². The van der Waals surface area contributed by atoms with E-state index in [1.54, 1.807) is 17.5 Å². The van der Waals surface area contributed by atoms with Crippen LogP contribution in [0.1, 0.15) is 13.8 Å². The van der Waals surface area contributed by atoms with Crippen molar-refractivity contribution in [3.63, 3.8) is 0 Å². The number of nitrogens with one attached hydrogen (secondary N) is 1. The summed E-state index contributed by atoms with van der Waals surface area (Å²) < 4.78 is 5.97. The molecule has 0 bridgehead atoms. The Morgan fingerprint density at radius 1 is 1.44 bits per heavy atom. The van der Waals surface area contributed by atoms with Crippen LogP contribution in [0.5, 0.6) is 0 Å². The van der Waals surface area contributed by atoms with Crippen LogP contribution in [0.3, 0.4) is 0 Å². The Hall–Kier alpha value is -1.62. The lowest BCUT2D eigenvalue weighted by Gasteiger charge is -2.20. The van der Waals surface area contributed by atoms with Crippen molar-refractivity contribution in [1.29, 1.82) is 0 Å². The van der Waals surface area contributed by atoms with Gasteiger partial charge >= 0.3 is 5.97 Å². The van der Waals surface area contributed by atoms with E-state index in [1.807, 2.05) is 31.4 Å². The summed E-state index contributed by atoms with van der Waals surface area (Å²) in [6, 6.07) is 3.59. The Balaban J connectivity index is 2.31. The van der Waals surface area contributed by atoms with Gasteiger partial charge in [0.2, 0.25) is 0 Å². The second-order valence-electron chi connectivity index (χ2n) is 4.38. The van der Waals surface area contributed by atoms with Gasteiger partial charge < -0.3 is 10.1 Å². The van der Waals surface area contributed by atoms with Crippen molar-refractivity contribution in [1.82, 2.24) is 4.98 Å². The van der Waals surface area contributed by atoms with E-state index in [4.69, 9.17) is 4.74 Å². The quantitative estimate of drug-likeness (QED) is 0.863. The van der Waals surface area contributed by atoms with Crippen LogP contribution in [-0.4, -0.2) is 24.1 Å². The van der Waals surface area contributed by atoms with Gasteiger partial charge in [0.1, 0.15) is 11.9 Å². The summed E-state index contributed by atoms with van der Waals surface area (Å²) in [5.74, 6) is 0.602. The summed E-state index contributed by atoms with van der Waals surface area (Å²) in [5.41, 5.74) is 0. The molecule has 0 aliphatic rings. The number of carbonyl (C=O) groups is 1. The molecule has 4 nitrogen and oxygen atoms in total. The Morgan fingerprint density at radius 3 is 2.89 bits per heavy atom. The fourth-order valence-electron chi connectivity index (χ4n) is 1.78. The normalized spacial score (nSPS) is 12.7. The van der Waals surface area contributed by atoms with Crippen LogP contribution in [0.25, 0.3) is 10.1 Å². The second kappa shape index (κ2) is 5.35. The number of ether oxygens (including phenoxy) is 1. The molecule has 2 heterocycles. The molecular formula is C13H16N2O2S. The maximum Gasteiger partial charge on any atom is 0.328 e. The fraction of sp³-hybridized carbons (Fsp3) is 0.385. The number of anilines is 1. The summed E-state index contributed by atoms with van der Waals surface area (Å²) in [6.07, 6.45) is 1.75. The maximum absolute atomic E-state index is 11.7. The van der Waals surface area contributed by atoms with Crippen LogP contribution in [0.2, 0.25) is 0 Å². The summed E-state index contributed by atoms with van der Waals surface area (Å²) in [5, 5.41) is 6.23. The summed E-state index contributed by atoms with van der Waals surface area (Å²) >= 11 is 1.65. The Morgan fingerprint density at radius 2 is 2.22 bits per heavy atom. The standard InChI is InChI=1S/C13H16N2O2S/c1-8(2)11(13(16)17-3)15-12-9-5-7-18-10(9)4-6-14-12/h4-8,11H,1-3H3,(H,14,15). The van der Waals surface area contributed by atoms with Crippen LogP contribution in [-0.2, 0) is 9.53 Å². The first-order valence-electron chi connectivity index (χ1n) is 5.80. The van der Waals surface area contributed by atoms with E-state index in [9.17, 15) is 4.79 Å². The van der Waals surface area contributed by atoms with Gasteiger partial charge in [-0.15, -0.1) is 11.3 Å². The van der Waals surface area contributed by atoms with Gasteiger partial charge in [-0.1, -0.05) is 13.8 Å². The van der Waals surface area contributed by atoms with Crippen molar-refractivity contribution >= 4 is 33.2 Å². The summed E-state index contributed by atoms with van der Waals surface area (Å²) in [7, 11) is 1.40. The molecule has 1 unspecified atom stereocenters. The number of nitrogens with zero attached hydrogens (tertiary/aromatic N) is 1. The summed E-state index contributed by atoms with van der Waals surface area (Å²) in [4.78, 5) is 16.0. The van der Waals surface area contributed by atoms with Gasteiger partial charge in [-0.25, -0.2) is 9.78 Å². The van der Waals surface area contributed by atoms with Gasteiger partial charge in [0.15, 0.2) is 0 Å². The van der Waals surface area contributed by atoms with Crippen molar-refractivity contribution in [2.24, 2.45) is 5.92 Å². The molecule has 1 N–H and O–H groups in total. The predicted octanol–water partition coefficient (Wildman–Crippen LogP) is 2.91. The highest BCUT2D eigenvalue weighted by Gasteiger charge is 2.23. The number of aromatic nitrogens is 1. The van der Waals surface area contributed by atoms with Crippen molar-refractivity contribution in [3.8, 4) is 0 Å². The molecule has 18 heavy (non-hydrogen) atoms. The molecule has 0 spiro atoms. The number of fused-ring (bicyclic) bond motifs is 1. The van der Waals surface area contributed by atoms with Gasteiger partial charge in [0.05, 0.1) is 7.11 Å². The van der Waals surface area contributed by atoms with E-state index in [1.165, 1.54) is 7.11 Å². The first-order chi connectivity index (χ1) is 8.63. The number of thiophene rings is 1. The van der Waals surface area contributed by atoms with E-state index in [2.05, 4.69) is 10.3 Å². The second-order valence-corrected chi connectivity index (χ2v) is 5.33. The van der Waals surface area contributed by atoms with Gasteiger partial charge in [-0.2, -0.15) is 0 Å². The van der Waals surface area contributed by atoms with Crippen LogP contribution in [0.4, 0.5) is 5.82 Å². The van der Waals surface area contributed by atoms with E-state index in [0.29, 0.717) is 0 Å². The SMILES string of the molecule is COC(=O)C(Nc1nccc2sccc12)C(C)C. The lowest BCUT2D eigenvalue weighted by molar-refractivity contribution is -0.142. The molecule has 2 aromatic heterocycles. The lowest BCUT2D eigenvalue weighted by Crippen LogP contribution is -2.35. The molecule has 0 aliphatic carbocycles. The molecule has 2 aromatic rings. The van der Waals surface area contributed by atoms with E-state index in [-0.39, 0.29) is 17.9 Å². The third kappa shape index (κ3) is 2.46. The maximum atomic E-state index is 11.7. The monoisotopic (exact) mass is 264 g/mol. The first-order valence-corrected chi connectivity index (χ1v) is 6.68. The fourth-order valence-corrected chi connectivity index (χ4v) is 2.56. The van der Waals surface area contributed by atoms with Crippen LogP contribution in [0.15, 0.2) is 23.7 Å². The Kier molecular flexibility index (Phi) is 3.81. The number of esters is 1. The zero-order valence-electron chi connectivity index (χ0n) is 10.6. The molecule has 0 fully saturated rings. The smallest absolute Gasteiger partial charge is 0.328 e. The molecule has 1 atom stereocenters. The average molecular weight is 264 g/mol. The molecule has 0 saturated carbocycles. The van der Waals surface area contributed by atoms with Crippen LogP contribution in [0, 0.1) is 5.92 Å². The highest BCUT2D eigenvalue weighted by Crippen LogP contribution is 2.27. The minimum absolute atomic E-state index is 0.133. The molecule has 96 valence electrons. The molecule has 0 aliphatic heterocycles. The van der Waals surface area contributed by atoms with Crippen molar-refractivity contribution in [3.05, 3.63) is 23.7 Å². The van der Waals surface area contributed by atoms with Gasteiger partial charge in [0, 0.05) is 16.3 Å². The molecular weight excluding hydrogens is 248 g/mol. The van der Waals surface area contributed by atoms with Crippen LogP contribution < -0.4 is 5.32 Å². The minimum atomic E-state index is -0.381. The van der Waals surface area contributed by atoms with Crippen LogP contribution >= 0.6 is 11.3 Å². The Bertz CT molecular complexity index is 551. The predicted molar refractivity (Wildman–Crippen MR) is 73.9 cm³/mol. The van der Waals surface area contributed by atoms with Crippen molar-refractivity contribution in [2.75, 3.05) is 12.4 Å². The number of carbonyl (C=O) groups excluding carboxylic acids is 1. The highest BCUT2D eigenvalue weighted by atomic mass is 32.1.